The Morgan fingerprint density at radius 3 is 2.20 bits per heavy atom. The Morgan fingerprint density at radius 2 is 1.60 bits per heavy atom. The van der Waals surface area contributed by atoms with Crippen LogP contribution in [0.15, 0.2) is 35.6 Å². The summed E-state index contributed by atoms with van der Waals surface area (Å²) in [6.45, 7) is 17.4. The molecule has 0 heterocycles. The van der Waals surface area contributed by atoms with Crippen molar-refractivity contribution in [3.63, 3.8) is 0 Å². The number of hydrogen-bond acceptors (Lipinski definition) is 5. The van der Waals surface area contributed by atoms with Crippen molar-refractivity contribution < 1.29 is 24.2 Å². The SMILES string of the molecule is COC(=O)/C=C/[C@]12CCC(C)(C)CC1C[C@](C)([C@]1(C)CC[C@H]3C(C)(C)C(=O)/C(=C\O)C[C@]3(C)/C1=C/C(C)=O)CC2. The maximum absolute atomic E-state index is 13.4. The lowest BCUT2D eigenvalue weighted by Crippen LogP contribution is -2.59. The Bertz CT molecular complexity index is 1170. The number of carbonyl (C=O) groups excluding carboxylic acids is 3. The van der Waals surface area contributed by atoms with Crippen LogP contribution in [0.3, 0.4) is 0 Å². The van der Waals surface area contributed by atoms with E-state index in [0.717, 1.165) is 57.6 Å². The minimum atomic E-state index is -0.618. The maximum Gasteiger partial charge on any atom is 0.330 e. The largest absolute Gasteiger partial charge is 0.515 e. The van der Waals surface area contributed by atoms with Crippen LogP contribution in [-0.2, 0) is 19.1 Å². The summed E-state index contributed by atoms with van der Waals surface area (Å²) in [5, 5.41) is 10.1. The number of aliphatic hydroxyl groups is 1. The Hall–Kier alpha value is -2.17. The van der Waals surface area contributed by atoms with Gasteiger partial charge in [-0.2, -0.15) is 0 Å². The second-order valence-corrected chi connectivity index (χ2v) is 15.8. The summed E-state index contributed by atoms with van der Waals surface area (Å²) in [5.74, 6) is 0.296. The van der Waals surface area contributed by atoms with Crippen molar-refractivity contribution in [2.45, 2.75) is 113 Å². The fourth-order valence-corrected chi connectivity index (χ4v) is 10.00. The maximum atomic E-state index is 13.4. The van der Waals surface area contributed by atoms with Gasteiger partial charge in [0.2, 0.25) is 0 Å². The molecule has 0 spiro atoms. The molecule has 0 radical (unpaired) electrons. The summed E-state index contributed by atoms with van der Waals surface area (Å²) in [7, 11) is 1.43. The number of Topliss-reactive ketones (excluding diaryl/α,β-unsaturated/α-hetero) is 1. The van der Waals surface area contributed by atoms with E-state index < -0.39 is 10.8 Å². The molecule has 4 aliphatic rings. The zero-order chi connectivity index (χ0) is 29.9. The van der Waals surface area contributed by atoms with Crippen molar-refractivity contribution in [2.24, 2.45) is 44.3 Å². The first-order chi connectivity index (χ1) is 18.4. The topological polar surface area (TPSA) is 80.7 Å². The molecule has 222 valence electrons. The van der Waals surface area contributed by atoms with Crippen LogP contribution in [0.2, 0.25) is 0 Å². The quantitative estimate of drug-likeness (QED) is 0.216. The van der Waals surface area contributed by atoms with Crippen LogP contribution < -0.4 is 0 Å². The molecule has 0 bridgehead atoms. The molecule has 0 aromatic heterocycles. The molecule has 4 fully saturated rings. The van der Waals surface area contributed by atoms with Crippen molar-refractivity contribution in [3.05, 3.63) is 35.6 Å². The van der Waals surface area contributed by atoms with Gasteiger partial charge in [0.25, 0.3) is 0 Å². The van der Waals surface area contributed by atoms with E-state index in [4.69, 9.17) is 4.74 Å². The molecule has 4 saturated carbocycles. The molecule has 4 rings (SSSR count). The highest BCUT2D eigenvalue weighted by molar-refractivity contribution is 6.01. The first-order valence-corrected chi connectivity index (χ1v) is 15.3. The third-order valence-electron chi connectivity index (χ3n) is 12.5. The van der Waals surface area contributed by atoms with E-state index in [0.29, 0.717) is 17.9 Å². The zero-order valence-electron chi connectivity index (χ0n) is 26.4. The molecular formula is C35H52O5. The molecule has 1 N–H and O–H groups in total. The van der Waals surface area contributed by atoms with Gasteiger partial charge >= 0.3 is 5.97 Å². The Balaban J connectivity index is 1.80. The number of fused-ring (bicyclic) bond motifs is 2. The van der Waals surface area contributed by atoms with Gasteiger partial charge in [-0.1, -0.05) is 60.1 Å². The number of methoxy groups -OCH3 is 1. The predicted molar refractivity (Wildman–Crippen MR) is 158 cm³/mol. The van der Waals surface area contributed by atoms with Gasteiger partial charge in [-0.25, -0.2) is 4.79 Å². The number of hydrogen-bond donors (Lipinski definition) is 1. The number of esters is 1. The summed E-state index contributed by atoms with van der Waals surface area (Å²) in [6.07, 6.45) is 15.4. The van der Waals surface area contributed by atoms with Crippen molar-refractivity contribution >= 4 is 17.5 Å². The number of ether oxygens (including phenoxy) is 1. The van der Waals surface area contributed by atoms with Gasteiger partial charge in [-0.15, -0.1) is 0 Å². The minimum Gasteiger partial charge on any atom is -0.515 e. The summed E-state index contributed by atoms with van der Waals surface area (Å²) in [5.41, 5.74) is 0.543. The molecule has 0 aromatic carbocycles. The van der Waals surface area contributed by atoms with Crippen molar-refractivity contribution in [1.82, 2.24) is 0 Å². The number of ketones is 2. The number of carbonyl (C=O) groups is 3. The molecule has 5 heteroatoms. The second kappa shape index (κ2) is 9.98. The monoisotopic (exact) mass is 552 g/mol. The Morgan fingerprint density at radius 1 is 0.950 bits per heavy atom. The Labute approximate surface area is 241 Å². The van der Waals surface area contributed by atoms with E-state index in [2.05, 4.69) is 40.7 Å². The molecule has 0 saturated heterocycles. The minimum absolute atomic E-state index is 0.0167. The fourth-order valence-electron chi connectivity index (χ4n) is 10.00. The standard InChI is InChI=1S/C35H52O5/c1-23(37)18-27-33(7)19-24(22-36)29(39)31(4,5)26(33)10-12-34(27,8)32(6)15-17-35(13-11-28(38)40-9)16-14-30(2,3)20-25(35)21-32/h11,13,18,22,25-26,36H,10,12,14-17,19-21H2,1-9H3/b13-11+,24-22-,27-18-/t25?,26-,32+,33-,34+,35+/m0/s1. The van der Waals surface area contributed by atoms with Crippen molar-refractivity contribution in [3.8, 4) is 0 Å². The number of rotatable bonds is 4. The van der Waals surface area contributed by atoms with Gasteiger partial charge in [0.1, 0.15) is 0 Å². The molecule has 6 atom stereocenters. The van der Waals surface area contributed by atoms with E-state index in [9.17, 15) is 19.5 Å². The van der Waals surface area contributed by atoms with Gasteiger partial charge in [0.15, 0.2) is 11.6 Å². The zero-order valence-corrected chi connectivity index (χ0v) is 26.4. The lowest BCUT2D eigenvalue weighted by molar-refractivity contribution is -0.139. The lowest BCUT2D eigenvalue weighted by atomic mass is 9.38. The summed E-state index contributed by atoms with van der Waals surface area (Å²) in [6, 6.07) is 0. The summed E-state index contributed by atoms with van der Waals surface area (Å²) >= 11 is 0. The van der Waals surface area contributed by atoms with Gasteiger partial charge in [-0.3, -0.25) is 9.59 Å². The van der Waals surface area contributed by atoms with E-state index in [1.807, 2.05) is 19.9 Å². The molecule has 0 amide bonds. The van der Waals surface area contributed by atoms with Gasteiger partial charge in [0.05, 0.1) is 13.4 Å². The first-order valence-electron chi connectivity index (χ1n) is 15.3. The van der Waals surface area contributed by atoms with Gasteiger partial charge in [-0.05, 0) is 110 Å². The fraction of sp³-hybridized carbons (Fsp3) is 0.743. The second-order valence-electron chi connectivity index (χ2n) is 15.8. The van der Waals surface area contributed by atoms with Crippen LogP contribution in [0.4, 0.5) is 0 Å². The van der Waals surface area contributed by atoms with Crippen LogP contribution in [-0.4, -0.2) is 29.8 Å². The van der Waals surface area contributed by atoms with Crippen LogP contribution in [0.5, 0.6) is 0 Å². The smallest absolute Gasteiger partial charge is 0.330 e. The molecule has 0 aromatic rings. The van der Waals surface area contributed by atoms with E-state index in [1.165, 1.54) is 12.7 Å². The average Bonchev–Trinajstić information content (AvgIpc) is 2.87. The Kier molecular flexibility index (Phi) is 7.68. The van der Waals surface area contributed by atoms with Gasteiger partial charge < -0.3 is 9.84 Å². The van der Waals surface area contributed by atoms with E-state index in [-0.39, 0.29) is 45.1 Å². The highest BCUT2D eigenvalue weighted by atomic mass is 16.5. The first kappa shape index (κ1) is 30.8. The third-order valence-corrected chi connectivity index (χ3v) is 12.5. The molecule has 1 unspecified atom stereocenters. The summed E-state index contributed by atoms with van der Waals surface area (Å²) < 4.78 is 4.95. The number of aliphatic hydroxyl groups excluding tert-OH is 1. The molecule has 40 heavy (non-hydrogen) atoms. The van der Waals surface area contributed by atoms with Gasteiger partial charge in [0, 0.05) is 17.1 Å². The van der Waals surface area contributed by atoms with Crippen molar-refractivity contribution in [2.75, 3.05) is 7.11 Å². The highest BCUT2D eigenvalue weighted by Gasteiger charge is 2.64. The van der Waals surface area contributed by atoms with Crippen LogP contribution in [0, 0.1) is 44.3 Å². The predicted octanol–water partition coefficient (Wildman–Crippen LogP) is 8.10. The average molecular weight is 553 g/mol. The van der Waals surface area contributed by atoms with E-state index in [1.54, 1.807) is 13.0 Å². The van der Waals surface area contributed by atoms with Crippen LogP contribution >= 0.6 is 0 Å². The highest BCUT2D eigenvalue weighted by Crippen LogP contribution is 2.72. The number of allylic oxidation sites excluding steroid dienone is 4. The molecule has 4 aliphatic carbocycles. The molecule has 0 aliphatic heterocycles. The lowest BCUT2D eigenvalue weighted by Gasteiger charge is -2.66. The normalized spacial score (nSPS) is 42.9. The van der Waals surface area contributed by atoms with Crippen molar-refractivity contribution in [1.29, 1.82) is 0 Å². The molecule has 5 nitrogen and oxygen atoms in total. The van der Waals surface area contributed by atoms with E-state index >= 15 is 0 Å². The third kappa shape index (κ3) is 4.73. The summed E-state index contributed by atoms with van der Waals surface area (Å²) in [4.78, 5) is 38.3. The van der Waals surface area contributed by atoms with Crippen LogP contribution in [0.1, 0.15) is 113 Å². The van der Waals surface area contributed by atoms with Crippen LogP contribution in [0.25, 0.3) is 0 Å². The molecular weight excluding hydrogens is 500 g/mol.